The average Bonchev–Trinajstić information content (AvgIpc) is 3.47. The van der Waals surface area contributed by atoms with Crippen LogP contribution in [-0.2, 0) is 4.79 Å². The number of piperazine rings is 1. The van der Waals surface area contributed by atoms with Crippen molar-refractivity contribution < 1.29 is 19.2 Å². The van der Waals surface area contributed by atoms with Crippen molar-refractivity contribution in [3.05, 3.63) is 94.0 Å². The Morgan fingerprint density at radius 2 is 1.80 bits per heavy atom. The molecule has 228 valence electrons. The Bertz CT molecular complexity index is 1640. The van der Waals surface area contributed by atoms with Gasteiger partial charge in [0.1, 0.15) is 5.75 Å². The summed E-state index contributed by atoms with van der Waals surface area (Å²) in [5, 5.41) is 21.0. The third-order valence-corrected chi connectivity index (χ3v) is 8.67. The molecule has 2 amide bonds. The molecule has 11 nitrogen and oxygen atoms in total. The van der Waals surface area contributed by atoms with Gasteiger partial charge in [-0.1, -0.05) is 48.2 Å². The van der Waals surface area contributed by atoms with Gasteiger partial charge in [0.15, 0.2) is 11.0 Å². The Hall–Kier alpha value is -4.71. The summed E-state index contributed by atoms with van der Waals surface area (Å²) in [7, 11) is 1.63. The fourth-order valence-corrected chi connectivity index (χ4v) is 6.13. The number of methoxy groups -OCH3 is 1. The Balaban J connectivity index is 1.18. The molecule has 44 heavy (non-hydrogen) atoms. The standard InChI is InChI=1S/C32H34N6O5S/c1-22-11-12-25(20-28(22)38(41)42)31(40)36-18-17-35(21-23(36)2)29(39)10-7-19-44-32-34-33-30(24-8-5-4-6-9-24)37(32)26-13-15-27(43-3)16-14-26/h4-6,8-9,11-16,20,23H,7,10,17-19,21H2,1-3H3. The lowest BCUT2D eigenvalue weighted by atomic mass is 10.1. The molecular formula is C32H34N6O5S. The molecule has 3 aromatic carbocycles. The highest BCUT2D eigenvalue weighted by Gasteiger charge is 2.31. The number of hydrogen-bond acceptors (Lipinski definition) is 8. The summed E-state index contributed by atoms with van der Waals surface area (Å²) < 4.78 is 7.34. The third kappa shape index (κ3) is 6.75. The predicted octanol–water partition coefficient (Wildman–Crippen LogP) is 5.40. The number of ether oxygens (including phenoxy) is 1. The predicted molar refractivity (Wildman–Crippen MR) is 168 cm³/mol. The van der Waals surface area contributed by atoms with Crippen molar-refractivity contribution in [2.24, 2.45) is 0 Å². The number of nitro benzene ring substituents is 1. The fraction of sp³-hybridized carbons (Fsp3) is 0.312. The first-order chi connectivity index (χ1) is 21.3. The molecule has 1 atom stereocenters. The quantitative estimate of drug-likeness (QED) is 0.101. The van der Waals surface area contributed by atoms with Crippen LogP contribution >= 0.6 is 11.8 Å². The van der Waals surface area contributed by atoms with E-state index in [0.717, 1.165) is 28.0 Å². The zero-order chi connectivity index (χ0) is 31.2. The molecule has 5 rings (SSSR count). The van der Waals surface area contributed by atoms with E-state index >= 15 is 0 Å². The monoisotopic (exact) mass is 614 g/mol. The van der Waals surface area contributed by atoms with Crippen LogP contribution in [0.1, 0.15) is 35.7 Å². The molecule has 0 bridgehead atoms. The maximum atomic E-state index is 13.2. The summed E-state index contributed by atoms with van der Waals surface area (Å²) in [5.74, 6) is 1.94. The number of amides is 2. The van der Waals surface area contributed by atoms with Crippen molar-refractivity contribution in [1.82, 2.24) is 24.6 Å². The Kier molecular flexibility index (Phi) is 9.59. The smallest absolute Gasteiger partial charge is 0.273 e. The second-order valence-corrected chi connectivity index (χ2v) is 11.7. The van der Waals surface area contributed by atoms with Crippen molar-refractivity contribution in [1.29, 1.82) is 0 Å². The minimum absolute atomic E-state index is 0.0390. The van der Waals surface area contributed by atoms with Gasteiger partial charge in [-0.25, -0.2) is 0 Å². The highest BCUT2D eigenvalue weighted by atomic mass is 32.2. The number of nitrogens with zero attached hydrogens (tertiary/aromatic N) is 6. The lowest BCUT2D eigenvalue weighted by Crippen LogP contribution is -2.55. The number of aryl methyl sites for hydroxylation is 1. The van der Waals surface area contributed by atoms with Crippen LogP contribution in [0.4, 0.5) is 5.69 Å². The number of carbonyl (C=O) groups is 2. The highest BCUT2D eigenvalue weighted by Crippen LogP contribution is 2.29. The molecular weight excluding hydrogens is 580 g/mol. The Morgan fingerprint density at radius 1 is 1.05 bits per heavy atom. The number of aromatic nitrogens is 3. The van der Waals surface area contributed by atoms with Crippen molar-refractivity contribution in [3.8, 4) is 22.8 Å². The van der Waals surface area contributed by atoms with Crippen LogP contribution in [0.25, 0.3) is 17.1 Å². The van der Waals surface area contributed by atoms with E-state index in [-0.39, 0.29) is 29.1 Å². The number of hydrogen-bond donors (Lipinski definition) is 0. The van der Waals surface area contributed by atoms with Crippen LogP contribution in [0.15, 0.2) is 78.0 Å². The number of thioether (sulfide) groups is 1. The Morgan fingerprint density at radius 3 is 2.48 bits per heavy atom. The minimum Gasteiger partial charge on any atom is -0.497 e. The summed E-state index contributed by atoms with van der Waals surface area (Å²) in [5.41, 5.74) is 2.57. The lowest BCUT2D eigenvalue weighted by Gasteiger charge is -2.40. The largest absolute Gasteiger partial charge is 0.497 e. The van der Waals surface area contributed by atoms with Gasteiger partial charge >= 0.3 is 0 Å². The molecule has 0 aliphatic carbocycles. The molecule has 12 heteroatoms. The van der Waals surface area contributed by atoms with E-state index in [1.807, 2.05) is 66.1 Å². The van der Waals surface area contributed by atoms with Crippen molar-refractivity contribution in [3.63, 3.8) is 0 Å². The summed E-state index contributed by atoms with van der Waals surface area (Å²) >= 11 is 1.55. The van der Waals surface area contributed by atoms with Crippen LogP contribution in [0.5, 0.6) is 5.75 Å². The van der Waals surface area contributed by atoms with Crippen LogP contribution < -0.4 is 4.74 Å². The zero-order valence-corrected chi connectivity index (χ0v) is 25.7. The van der Waals surface area contributed by atoms with Gasteiger partial charge in [0.05, 0.1) is 12.0 Å². The number of carbonyl (C=O) groups excluding carboxylic acids is 2. The van der Waals surface area contributed by atoms with Crippen LogP contribution in [0.2, 0.25) is 0 Å². The van der Waals surface area contributed by atoms with Gasteiger partial charge in [-0.2, -0.15) is 0 Å². The summed E-state index contributed by atoms with van der Waals surface area (Å²) in [6, 6.07) is 21.9. The SMILES string of the molecule is COc1ccc(-n2c(SCCCC(=O)N3CCN(C(=O)c4ccc(C)c([N+](=O)[O-])c4)C(C)C3)nnc2-c2ccccc2)cc1. The molecule has 0 N–H and O–H groups in total. The minimum atomic E-state index is -0.477. The molecule has 0 radical (unpaired) electrons. The fourth-order valence-electron chi connectivity index (χ4n) is 5.24. The maximum Gasteiger partial charge on any atom is 0.273 e. The van der Waals surface area contributed by atoms with E-state index in [4.69, 9.17) is 4.74 Å². The molecule has 0 saturated carbocycles. The van der Waals surface area contributed by atoms with Gasteiger partial charge in [-0.15, -0.1) is 10.2 Å². The maximum absolute atomic E-state index is 13.2. The number of benzene rings is 3. The first-order valence-electron chi connectivity index (χ1n) is 14.4. The van der Waals surface area contributed by atoms with Crippen molar-refractivity contribution in [2.75, 3.05) is 32.5 Å². The topological polar surface area (TPSA) is 124 Å². The van der Waals surface area contributed by atoms with Gasteiger partial charge in [0.2, 0.25) is 5.91 Å². The summed E-state index contributed by atoms with van der Waals surface area (Å²) in [4.78, 5) is 40.6. The summed E-state index contributed by atoms with van der Waals surface area (Å²) in [6.07, 6.45) is 1.03. The molecule has 1 fully saturated rings. The van der Waals surface area contributed by atoms with Crippen molar-refractivity contribution >= 4 is 29.3 Å². The number of nitro groups is 1. The molecule has 4 aromatic rings. The average molecular weight is 615 g/mol. The van der Waals surface area contributed by atoms with Gasteiger partial charge in [0.25, 0.3) is 11.6 Å². The molecule has 2 heterocycles. The number of rotatable bonds is 10. The first kappa shape index (κ1) is 30.7. The highest BCUT2D eigenvalue weighted by molar-refractivity contribution is 7.99. The normalized spacial score (nSPS) is 14.8. The zero-order valence-electron chi connectivity index (χ0n) is 24.9. The van der Waals surface area contributed by atoms with Gasteiger partial charge in [-0.05, 0) is 50.6 Å². The summed E-state index contributed by atoms with van der Waals surface area (Å²) in [6.45, 7) is 4.74. The van der Waals surface area contributed by atoms with E-state index in [1.165, 1.54) is 6.07 Å². The van der Waals surface area contributed by atoms with E-state index in [1.54, 1.807) is 47.7 Å². The van der Waals surface area contributed by atoms with Gasteiger partial charge in [-0.3, -0.25) is 24.3 Å². The molecule has 1 aliphatic rings. The van der Waals surface area contributed by atoms with Crippen LogP contribution in [-0.4, -0.2) is 79.8 Å². The molecule has 1 unspecified atom stereocenters. The van der Waals surface area contributed by atoms with E-state index in [0.29, 0.717) is 43.8 Å². The van der Waals surface area contributed by atoms with Crippen LogP contribution in [0, 0.1) is 17.0 Å². The van der Waals surface area contributed by atoms with Gasteiger partial charge in [0, 0.05) is 66.3 Å². The van der Waals surface area contributed by atoms with Crippen LogP contribution in [0.3, 0.4) is 0 Å². The second kappa shape index (κ2) is 13.7. The first-order valence-corrected chi connectivity index (χ1v) is 15.4. The molecule has 0 spiro atoms. The third-order valence-electron chi connectivity index (χ3n) is 7.66. The lowest BCUT2D eigenvalue weighted by molar-refractivity contribution is -0.385. The molecule has 1 aliphatic heterocycles. The van der Waals surface area contributed by atoms with E-state index in [9.17, 15) is 19.7 Å². The van der Waals surface area contributed by atoms with Gasteiger partial charge < -0.3 is 14.5 Å². The molecule has 1 saturated heterocycles. The van der Waals surface area contributed by atoms with E-state index in [2.05, 4.69) is 10.2 Å². The second-order valence-electron chi connectivity index (χ2n) is 10.6. The van der Waals surface area contributed by atoms with Crippen molar-refractivity contribution in [2.45, 2.75) is 37.9 Å². The molecule has 1 aromatic heterocycles. The van der Waals surface area contributed by atoms with E-state index < -0.39 is 4.92 Å². The Labute approximate surface area is 260 Å².